The van der Waals surface area contributed by atoms with E-state index in [0.29, 0.717) is 24.8 Å². The van der Waals surface area contributed by atoms with Crippen LogP contribution in [0.5, 0.6) is 0 Å². The molecule has 1 atom stereocenters. The Morgan fingerprint density at radius 3 is 2.12 bits per heavy atom. The van der Waals surface area contributed by atoms with Gasteiger partial charge in [-0.2, -0.15) is 0 Å². The smallest absolute Gasteiger partial charge is 0.221 e. The lowest BCUT2D eigenvalue weighted by Gasteiger charge is -2.29. The zero-order chi connectivity index (χ0) is 12.9. The van der Waals surface area contributed by atoms with Gasteiger partial charge in [-0.25, -0.2) is 0 Å². The predicted octanol–water partition coefficient (Wildman–Crippen LogP) is 2.16. The number of nitrogens with two attached hydrogens (primary N) is 1. The van der Waals surface area contributed by atoms with Gasteiger partial charge < -0.3 is 11.1 Å². The molecule has 3 heteroatoms. The van der Waals surface area contributed by atoms with Crippen molar-refractivity contribution in [2.75, 3.05) is 6.54 Å². The molecule has 0 saturated carbocycles. The van der Waals surface area contributed by atoms with Crippen LogP contribution < -0.4 is 11.1 Å². The van der Waals surface area contributed by atoms with Gasteiger partial charge in [0.15, 0.2) is 0 Å². The van der Waals surface area contributed by atoms with Crippen LogP contribution in [0.2, 0.25) is 0 Å². The third kappa shape index (κ3) is 5.50. The van der Waals surface area contributed by atoms with Crippen molar-refractivity contribution >= 4 is 5.91 Å². The first-order valence-electron chi connectivity index (χ1n) is 6.19. The Kier molecular flexibility index (Phi) is 6.01. The van der Waals surface area contributed by atoms with Crippen LogP contribution in [0, 0.1) is 17.3 Å². The van der Waals surface area contributed by atoms with E-state index in [4.69, 9.17) is 5.73 Å². The summed E-state index contributed by atoms with van der Waals surface area (Å²) in [5.41, 5.74) is 5.99. The molecule has 16 heavy (non-hydrogen) atoms. The van der Waals surface area contributed by atoms with Crippen molar-refractivity contribution in [1.82, 2.24) is 5.32 Å². The van der Waals surface area contributed by atoms with Crippen LogP contribution in [0.25, 0.3) is 0 Å². The fourth-order valence-corrected chi connectivity index (χ4v) is 1.05. The van der Waals surface area contributed by atoms with Crippen LogP contribution in [0.1, 0.15) is 48.0 Å². The van der Waals surface area contributed by atoms with Crippen LogP contribution in [-0.2, 0) is 4.79 Å². The molecule has 0 radical (unpaired) electrons. The quantitative estimate of drug-likeness (QED) is 0.732. The molecule has 3 N–H and O–H groups in total. The van der Waals surface area contributed by atoms with E-state index < -0.39 is 0 Å². The average Bonchev–Trinajstić information content (AvgIpc) is 2.14. The van der Waals surface area contributed by atoms with E-state index in [1.807, 2.05) is 13.8 Å². The highest BCUT2D eigenvalue weighted by molar-refractivity contribution is 5.76. The molecule has 3 nitrogen and oxygen atoms in total. The van der Waals surface area contributed by atoms with E-state index in [1.54, 1.807) is 0 Å². The lowest BCUT2D eigenvalue weighted by Crippen LogP contribution is -2.40. The summed E-state index contributed by atoms with van der Waals surface area (Å²) < 4.78 is 0. The van der Waals surface area contributed by atoms with Crippen LogP contribution >= 0.6 is 0 Å². The number of hydrogen-bond acceptors (Lipinski definition) is 2. The number of carbonyl (C=O) groups excluding carboxylic acids is 1. The van der Waals surface area contributed by atoms with Gasteiger partial charge in [-0.05, 0) is 17.3 Å². The highest BCUT2D eigenvalue weighted by atomic mass is 16.1. The number of amides is 1. The topological polar surface area (TPSA) is 55.1 Å². The first kappa shape index (κ1) is 15.4. The monoisotopic (exact) mass is 228 g/mol. The molecule has 0 saturated heterocycles. The largest absolute Gasteiger partial charge is 0.356 e. The van der Waals surface area contributed by atoms with Crippen molar-refractivity contribution in [2.45, 2.75) is 54.0 Å². The molecule has 1 unspecified atom stereocenters. The van der Waals surface area contributed by atoms with Gasteiger partial charge in [-0.3, -0.25) is 4.79 Å². The molecule has 0 aliphatic heterocycles. The molecule has 0 aliphatic rings. The molecule has 0 aromatic rings. The maximum Gasteiger partial charge on any atom is 0.221 e. The van der Waals surface area contributed by atoms with Crippen molar-refractivity contribution in [3.05, 3.63) is 0 Å². The first-order valence-corrected chi connectivity index (χ1v) is 6.19. The van der Waals surface area contributed by atoms with Gasteiger partial charge in [-0.15, -0.1) is 0 Å². The van der Waals surface area contributed by atoms with Gasteiger partial charge in [0.25, 0.3) is 0 Å². The first-order chi connectivity index (χ1) is 7.16. The molecular weight excluding hydrogens is 200 g/mol. The Balaban J connectivity index is 3.99. The van der Waals surface area contributed by atoms with Gasteiger partial charge in [-0.1, -0.05) is 41.5 Å². The predicted molar refractivity (Wildman–Crippen MR) is 69.1 cm³/mol. The Bertz CT molecular complexity index is 222. The molecule has 0 fully saturated rings. The SMILES string of the molecule is CC(C)C(N)CC(=O)NCC(C)(C)C(C)C. The zero-order valence-electron chi connectivity index (χ0n) is 11.6. The molecule has 0 aliphatic carbocycles. The van der Waals surface area contributed by atoms with Gasteiger partial charge >= 0.3 is 0 Å². The van der Waals surface area contributed by atoms with Crippen molar-refractivity contribution in [1.29, 1.82) is 0 Å². The lowest BCUT2D eigenvalue weighted by molar-refractivity contribution is -0.122. The maximum absolute atomic E-state index is 11.6. The fraction of sp³-hybridized carbons (Fsp3) is 0.923. The van der Waals surface area contributed by atoms with E-state index in [0.717, 1.165) is 0 Å². The Hall–Kier alpha value is -0.570. The molecule has 0 aromatic heterocycles. The Labute approximate surface area is 100 Å². The van der Waals surface area contributed by atoms with Crippen LogP contribution in [0.3, 0.4) is 0 Å². The van der Waals surface area contributed by atoms with Gasteiger partial charge in [0, 0.05) is 19.0 Å². The highest BCUT2D eigenvalue weighted by Crippen LogP contribution is 2.24. The fourth-order valence-electron chi connectivity index (χ4n) is 1.05. The molecule has 96 valence electrons. The lowest BCUT2D eigenvalue weighted by atomic mass is 9.81. The van der Waals surface area contributed by atoms with Gasteiger partial charge in [0.05, 0.1) is 0 Å². The Morgan fingerprint density at radius 2 is 1.75 bits per heavy atom. The third-order valence-corrected chi connectivity index (χ3v) is 3.58. The van der Waals surface area contributed by atoms with E-state index in [-0.39, 0.29) is 17.4 Å². The molecule has 0 bridgehead atoms. The summed E-state index contributed by atoms with van der Waals surface area (Å²) >= 11 is 0. The highest BCUT2D eigenvalue weighted by Gasteiger charge is 2.23. The van der Waals surface area contributed by atoms with E-state index >= 15 is 0 Å². The summed E-state index contributed by atoms with van der Waals surface area (Å²) in [6.45, 7) is 13.5. The summed E-state index contributed by atoms with van der Waals surface area (Å²) in [6, 6.07) is -0.0397. The minimum atomic E-state index is -0.0397. The van der Waals surface area contributed by atoms with E-state index in [9.17, 15) is 4.79 Å². The average molecular weight is 228 g/mol. The zero-order valence-corrected chi connectivity index (χ0v) is 11.6. The second-order valence-corrected chi connectivity index (χ2v) is 6.03. The number of hydrogen-bond donors (Lipinski definition) is 2. The summed E-state index contributed by atoms with van der Waals surface area (Å²) in [4.78, 5) is 11.6. The molecule has 0 aromatic carbocycles. The number of rotatable bonds is 6. The summed E-state index contributed by atoms with van der Waals surface area (Å²) in [5.74, 6) is 0.963. The minimum Gasteiger partial charge on any atom is -0.356 e. The van der Waals surface area contributed by atoms with E-state index in [1.165, 1.54) is 0 Å². The number of nitrogens with one attached hydrogen (secondary N) is 1. The number of carbonyl (C=O) groups is 1. The van der Waals surface area contributed by atoms with Crippen molar-refractivity contribution in [2.24, 2.45) is 23.0 Å². The van der Waals surface area contributed by atoms with Crippen LogP contribution in [0.15, 0.2) is 0 Å². The molecule has 1 amide bonds. The third-order valence-electron chi connectivity index (χ3n) is 3.58. The molecule has 0 rings (SSSR count). The molecular formula is C13H28N2O. The van der Waals surface area contributed by atoms with Crippen LogP contribution in [-0.4, -0.2) is 18.5 Å². The van der Waals surface area contributed by atoms with Crippen LogP contribution in [0.4, 0.5) is 0 Å². The molecule has 0 heterocycles. The second-order valence-electron chi connectivity index (χ2n) is 6.03. The molecule has 0 spiro atoms. The van der Waals surface area contributed by atoms with Gasteiger partial charge in [0.2, 0.25) is 5.91 Å². The maximum atomic E-state index is 11.6. The van der Waals surface area contributed by atoms with E-state index in [2.05, 4.69) is 33.0 Å². The van der Waals surface area contributed by atoms with Crippen molar-refractivity contribution < 1.29 is 4.79 Å². The van der Waals surface area contributed by atoms with Crippen molar-refractivity contribution in [3.8, 4) is 0 Å². The minimum absolute atomic E-state index is 0.0397. The Morgan fingerprint density at radius 1 is 1.25 bits per heavy atom. The normalized spacial score (nSPS) is 14.3. The summed E-state index contributed by atoms with van der Waals surface area (Å²) in [5, 5.41) is 2.97. The van der Waals surface area contributed by atoms with Crippen molar-refractivity contribution in [3.63, 3.8) is 0 Å². The standard InChI is InChI=1S/C13H28N2O/c1-9(2)11(14)7-12(16)15-8-13(5,6)10(3)4/h9-11H,7-8,14H2,1-6H3,(H,15,16). The summed E-state index contributed by atoms with van der Waals surface area (Å²) in [7, 11) is 0. The summed E-state index contributed by atoms with van der Waals surface area (Å²) in [6.07, 6.45) is 0.422. The van der Waals surface area contributed by atoms with Gasteiger partial charge in [0.1, 0.15) is 0 Å². The second kappa shape index (κ2) is 6.24.